The summed E-state index contributed by atoms with van der Waals surface area (Å²) in [6.07, 6.45) is 4.17. The molecule has 0 bridgehead atoms. The van der Waals surface area contributed by atoms with Gasteiger partial charge in [0.2, 0.25) is 0 Å². The number of amides is 2. The number of hydrogen-bond acceptors (Lipinski definition) is 5. The Hall–Kier alpha value is -3.13. The van der Waals surface area contributed by atoms with Crippen LogP contribution in [0, 0.1) is 10.1 Å². The molecule has 2 heterocycles. The monoisotopic (exact) mass is 442 g/mol. The number of anilines is 2. The third kappa shape index (κ3) is 4.49. The Morgan fingerprint density at radius 3 is 2.32 bits per heavy atom. The Labute approximate surface area is 184 Å². The van der Waals surface area contributed by atoms with Crippen molar-refractivity contribution in [2.24, 2.45) is 0 Å². The number of carbonyl (C=O) groups is 2. The molecule has 2 aliphatic heterocycles. The molecule has 0 saturated carbocycles. The number of nitro benzene ring substituents is 1. The number of rotatable bonds is 5. The molecule has 2 amide bonds. The van der Waals surface area contributed by atoms with Gasteiger partial charge in [0, 0.05) is 49.2 Å². The van der Waals surface area contributed by atoms with E-state index in [4.69, 9.17) is 11.6 Å². The molecule has 0 spiro atoms. The molecule has 2 aromatic rings. The van der Waals surface area contributed by atoms with Crippen LogP contribution in [0.15, 0.2) is 36.4 Å². The van der Waals surface area contributed by atoms with Crippen LogP contribution in [-0.2, 0) is 0 Å². The smallest absolute Gasteiger partial charge is 0.288 e. The Balaban J connectivity index is 1.62. The molecule has 1 N–H and O–H groups in total. The topological polar surface area (TPSA) is 95.8 Å². The van der Waals surface area contributed by atoms with Crippen molar-refractivity contribution in [1.82, 2.24) is 4.90 Å². The van der Waals surface area contributed by atoms with Crippen LogP contribution in [0.3, 0.4) is 0 Å². The Kier molecular flexibility index (Phi) is 6.08. The summed E-state index contributed by atoms with van der Waals surface area (Å²) < 4.78 is 0. The first kappa shape index (κ1) is 21.1. The fourth-order valence-electron chi connectivity index (χ4n) is 4.11. The van der Waals surface area contributed by atoms with E-state index in [-0.39, 0.29) is 22.2 Å². The van der Waals surface area contributed by atoms with Gasteiger partial charge in [0.25, 0.3) is 17.5 Å². The molecule has 2 fully saturated rings. The van der Waals surface area contributed by atoms with Crippen LogP contribution in [0.25, 0.3) is 0 Å². The van der Waals surface area contributed by atoms with Crippen molar-refractivity contribution in [2.45, 2.75) is 25.7 Å². The van der Waals surface area contributed by atoms with Gasteiger partial charge in [-0.3, -0.25) is 19.7 Å². The summed E-state index contributed by atoms with van der Waals surface area (Å²) in [6, 6.07) is 9.24. The predicted octanol–water partition coefficient (Wildman–Crippen LogP) is 4.34. The molecule has 31 heavy (non-hydrogen) atoms. The van der Waals surface area contributed by atoms with Crippen LogP contribution in [0.4, 0.5) is 17.1 Å². The van der Waals surface area contributed by atoms with Crippen molar-refractivity contribution in [3.05, 3.63) is 62.7 Å². The van der Waals surface area contributed by atoms with Crippen LogP contribution in [0.2, 0.25) is 5.02 Å². The van der Waals surface area contributed by atoms with Crippen molar-refractivity contribution in [3.8, 4) is 0 Å². The van der Waals surface area contributed by atoms with Crippen LogP contribution in [-0.4, -0.2) is 47.8 Å². The third-order valence-corrected chi connectivity index (χ3v) is 6.05. The molecule has 0 radical (unpaired) electrons. The first-order chi connectivity index (χ1) is 14.9. The number of nitro groups is 1. The zero-order valence-electron chi connectivity index (χ0n) is 17.0. The second kappa shape index (κ2) is 8.93. The summed E-state index contributed by atoms with van der Waals surface area (Å²) >= 11 is 5.83. The third-order valence-electron chi connectivity index (χ3n) is 5.73. The number of hydrogen-bond donors (Lipinski definition) is 1. The summed E-state index contributed by atoms with van der Waals surface area (Å²) in [5.41, 5.74) is 1.71. The maximum absolute atomic E-state index is 13.2. The minimum absolute atomic E-state index is 0.0300. The first-order valence-electron chi connectivity index (χ1n) is 10.4. The van der Waals surface area contributed by atoms with Gasteiger partial charge in [0.05, 0.1) is 10.5 Å². The fourth-order valence-corrected chi connectivity index (χ4v) is 4.29. The zero-order valence-corrected chi connectivity index (χ0v) is 17.7. The quantitative estimate of drug-likeness (QED) is 0.549. The van der Waals surface area contributed by atoms with Crippen LogP contribution < -0.4 is 10.2 Å². The first-order valence-corrected chi connectivity index (χ1v) is 10.8. The zero-order chi connectivity index (χ0) is 22.0. The van der Waals surface area contributed by atoms with Crippen molar-refractivity contribution < 1.29 is 14.5 Å². The van der Waals surface area contributed by atoms with Gasteiger partial charge in [-0.2, -0.15) is 0 Å². The average Bonchev–Trinajstić information content (AvgIpc) is 3.47. The average molecular weight is 443 g/mol. The van der Waals surface area contributed by atoms with Gasteiger partial charge in [-0.1, -0.05) is 11.6 Å². The van der Waals surface area contributed by atoms with Gasteiger partial charge in [-0.15, -0.1) is 0 Å². The molecule has 8 nitrogen and oxygen atoms in total. The maximum Gasteiger partial charge on any atom is 0.288 e. The van der Waals surface area contributed by atoms with Crippen LogP contribution in [0.5, 0.6) is 0 Å². The maximum atomic E-state index is 13.2. The molecule has 0 aromatic heterocycles. The number of halogens is 1. The molecular weight excluding hydrogens is 420 g/mol. The summed E-state index contributed by atoms with van der Waals surface area (Å²) in [4.78, 5) is 40.4. The lowest BCUT2D eigenvalue weighted by molar-refractivity contribution is -0.384. The van der Waals surface area contributed by atoms with Gasteiger partial charge < -0.3 is 15.1 Å². The SMILES string of the molecule is O=C(Nc1ccc(N2CCCC2)c(C(=O)N2CCCC2)c1)c1ccc(Cl)c([N+](=O)[O-])c1. The molecule has 0 atom stereocenters. The Bertz CT molecular complexity index is 1030. The molecule has 2 saturated heterocycles. The van der Waals surface area contributed by atoms with Crippen molar-refractivity contribution in [2.75, 3.05) is 36.4 Å². The van der Waals surface area contributed by atoms with Gasteiger partial charge in [0.15, 0.2) is 0 Å². The van der Waals surface area contributed by atoms with Crippen molar-refractivity contribution in [3.63, 3.8) is 0 Å². The lowest BCUT2D eigenvalue weighted by atomic mass is 10.1. The van der Waals surface area contributed by atoms with Gasteiger partial charge >= 0.3 is 0 Å². The molecule has 9 heteroatoms. The lowest BCUT2D eigenvalue weighted by Gasteiger charge is -2.24. The normalized spacial score (nSPS) is 15.9. The van der Waals surface area contributed by atoms with Gasteiger partial charge in [0.1, 0.15) is 5.02 Å². The summed E-state index contributed by atoms with van der Waals surface area (Å²) in [6.45, 7) is 3.29. The molecule has 4 rings (SSSR count). The van der Waals surface area contributed by atoms with E-state index in [1.165, 1.54) is 12.1 Å². The number of carbonyl (C=O) groups excluding carboxylic acids is 2. The molecule has 2 aromatic carbocycles. The second-order valence-corrected chi connectivity index (χ2v) is 8.21. The van der Waals surface area contributed by atoms with E-state index in [9.17, 15) is 19.7 Å². The predicted molar refractivity (Wildman–Crippen MR) is 119 cm³/mol. The van der Waals surface area contributed by atoms with Gasteiger partial charge in [-0.25, -0.2) is 0 Å². The van der Waals surface area contributed by atoms with E-state index < -0.39 is 10.8 Å². The Morgan fingerprint density at radius 1 is 0.968 bits per heavy atom. The number of likely N-dealkylation sites (tertiary alicyclic amines) is 1. The highest BCUT2D eigenvalue weighted by atomic mass is 35.5. The molecular formula is C22H23ClN4O4. The highest BCUT2D eigenvalue weighted by Gasteiger charge is 2.26. The van der Waals surface area contributed by atoms with E-state index in [1.54, 1.807) is 12.1 Å². The standard InChI is InChI=1S/C22H23ClN4O4/c23-18-7-5-15(13-20(18)27(30)31)21(28)24-16-6-8-19(25-9-1-2-10-25)17(14-16)22(29)26-11-3-4-12-26/h5-8,13-14H,1-4,9-12H2,(H,24,28). The van der Waals surface area contributed by atoms with Crippen molar-refractivity contribution in [1.29, 1.82) is 0 Å². The molecule has 162 valence electrons. The minimum atomic E-state index is -0.628. The van der Waals surface area contributed by atoms with E-state index >= 15 is 0 Å². The number of nitrogens with zero attached hydrogens (tertiary/aromatic N) is 3. The van der Waals surface area contributed by atoms with Gasteiger partial charge in [-0.05, 0) is 56.0 Å². The highest BCUT2D eigenvalue weighted by Crippen LogP contribution is 2.30. The lowest BCUT2D eigenvalue weighted by Crippen LogP contribution is -2.30. The van der Waals surface area contributed by atoms with E-state index in [0.29, 0.717) is 11.3 Å². The van der Waals surface area contributed by atoms with E-state index in [1.807, 2.05) is 11.0 Å². The largest absolute Gasteiger partial charge is 0.371 e. The minimum Gasteiger partial charge on any atom is -0.371 e. The van der Waals surface area contributed by atoms with E-state index in [0.717, 1.165) is 63.6 Å². The highest BCUT2D eigenvalue weighted by molar-refractivity contribution is 6.32. The summed E-state index contributed by atoms with van der Waals surface area (Å²) in [7, 11) is 0. The molecule has 0 aliphatic carbocycles. The van der Waals surface area contributed by atoms with E-state index in [2.05, 4.69) is 10.2 Å². The van der Waals surface area contributed by atoms with Crippen LogP contribution >= 0.6 is 11.6 Å². The van der Waals surface area contributed by atoms with Crippen molar-refractivity contribution >= 4 is 40.5 Å². The molecule has 0 unspecified atom stereocenters. The fraction of sp³-hybridized carbons (Fsp3) is 0.364. The van der Waals surface area contributed by atoms with Crippen LogP contribution in [0.1, 0.15) is 46.4 Å². The Morgan fingerprint density at radius 2 is 1.65 bits per heavy atom. The summed E-state index contributed by atoms with van der Waals surface area (Å²) in [5.74, 6) is -0.536. The number of nitrogens with one attached hydrogen (secondary N) is 1. The second-order valence-electron chi connectivity index (χ2n) is 7.80. The summed E-state index contributed by atoms with van der Waals surface area (Å²) in [5, 5.41) is 13.8. The number of benzene rings is 2. The molecule has 2 aliphatic rings.